The SMILES string of the molecule is CC.CC(C)CCCN1CCOCC1.CCC(C)C(C)N1CCCCC1. The minimum absolute atomic E-state index is 0.801. The van der Waals surface area contributed by atoms with E-state index >= 15 is 0 Å². The zero-order valence-electron chi connectivity index (χ0n) is 19.2. The lowest BCUT2D eigenvalue weighted by Crippen LogP contribution is -2.40. The number of hydrogen-bond donors (Lipinski definition) is 0. The second kappa shape index (κ2) is 17.0. The van der Waals surface area contributed by atoms with E-state index in [0.29, 0.717) is 0 Å². The summed E-state index contributed by atoms with van der Waals surface area (Å²) in [7, 11) is 0. The Hall–Kier alpha value is -0.120. The van der Waals surface area contributed by atoms with Crippen LogP contribution in [0, 0.1) is 11.8 Å². The second-order valence-corrected chi connectivity index (χ2v) is 8.21. The van der Waals surface area contributed by atoms with Gasteiger partial charge in [0.2, 0.25) is 0 Å². The normalized spacial score (nSPS) is 21.2. The Bertz CT molecular complexity index is 284. The Labute approximate surface area is 165 Å². The van der Waals surface area contributed by atoms with E-state index in [1.54, 1.807) is 0 Å². The molecule has 26 heavy (non-hydrogen) atoms. The van der Waals surface area contributed by atoms with E-state index in [0.717, 1.165) is 44.2 Å². The van der Waals surface area contributed by atoms with Crippen molar-refractivity contribution >= 4 is 0 Å². The first-order valence-corrected chi connectivity index (χ1v) is 11.6. The van der Waals surface area contributed by atoms with Gasteiger partial charge in [-0.2, -0.15) is 0 Å². The van der Waals surface area contributed by atoms with E-state index < -0.39 is 0 Å². The summed E-state index contributed by atoms with van der Waals surface area (Å²) in [5, 5.41) is 0. The summed E-state index contributed by atoms with van der Waals surface area (Å²) >= 11 is 0. The van der Waals surface area contributed by atoms with Crippen LogP contribution in [0.3, 0.4) is 0 Å². The van der Waals surface area contributed by atoms with E-state index in [4.69, 9.17) is 4.74 Å². The average molecular weight is 371 g/mol. The molecule has 0 bridgehead atoms. The number of piperidine rings is 1. The lowest BCUT2D eigenvalue weighted by atomic mass is 9.97. The number of rotatable bonds is 7. The first-order valence-electron chi connectivity index (χ1n) is 11.6. The van der Waals surface area contributed by atoms with E-state index in [9.17, 15) is 0 Å². The third kappa shape index (κ3) is 12.3. The maximum absolute atomic E-state index is 5.29. The zero-order chi connectivity index (χ0) is 19.8. The molecule has 0 N–H and O–H groups in total. The van der Waals surface area contributed by atoms with Gasteiger partial charge in [-0.3, -0.25) is 4.90 Å². The number of nitrogens with zero attached hydrogens (tertiary/aromatic N) is 2. The summed E-state index contributed by atoms with van der Waals surface area (Å²) in [6.07, 6.45) is 8.30. The molecule has 0 aromatic carbocycles. The minimum atomic E-state index is 0.801. The molecule has 0 aromatic heterocycles. The Morgan fingerprint density at radius 3 is 1.92 bits per heavy atom. The highest BCUT2D eigenvalue weighted by molar-refractivity contribution is 4.74. The third-order valence-electron chi connectivity index (χ3n) is 5.79. The smallest absolute Gasteiger partial charge is 0.0594 e. The maximum atomic E-state index is 5.29. The van der Waals surface area contributed by atoms with Gasteiger partial charge >= 0.3 is 0 Å². The first kappa shape index (κ1) is 25.9. The number of likely N-dealkylation sites (tertiary alicyclic amines) is 1. The molecular formula is C23H50N2O. The lowest BCUT2D eigenvalue weighted by molar-refractivity contribution is 0.0368. The molecule has 2 atom stereocenters. The van der Waals surface area contributed by atoms with E-state index in [2.05, 4.69) is 44.4 Å². The number of ether oxygens (including phenoxy) is 1. The van der Waals surface area contributed by atoms with Crippen molar-refractivity contribution in [2.75, 3.05) is 45.9 Å². The zero-order valence-corrected chi connectivity index (χ0v) is 19.2. The van der Waals surface area contributed by atoms with Crippen LogP contribution in [0.25, 0.3) is 0 Å². The summed E-state index contributed by atoms with van der Waals surface area (Å²) in [5.74, 6) is 1.72. The van der Waals surface area contributed by atoms with Crippen LogP contribution in [-0.4, -0.2) is 61.8 Å². The van der Waals surface area contributed by atoms with Gasteiger partial charge in [0.05, 0.1) is 13.2 Å². The lowest BCUT2D eigenvalue weighted by Gasteiger charge is -2.35. The molecule has 0 aliphatic carbocycles. The van der Waals surface area contributed by atoms with Crippen molar-refractivity contribution in [2.45, 2.75) is 93.0 Å². The summed E-state index contributed by atoms with van der Waals surface area (Å²) in [6.45, 7) is 23.7. The summed E-state index contributed by atoms with van der Waals surface area (Å²) < 4.78 is 5.29. The van der Waals surface area contributed by atoms with Gasteiger partial charge in [0.25, 0.3) is 0 Å². The van der Waals surface area contributed by atoms with Gasteiger partial charge in [-0.15, -0.1) is 0 Å². The topological polar surface area (TPSA) is 15.7 Å². The van der Waals surface area contributed by atoms with Gasteiger partial charge in [-0.1, -0.05) is 54.4 Å². The molecule has 0 amide bonds. The molecule has 2 rings (SSSR count). The fourth-order valence-electron chi connectivity index (χ4n) is 3.57. The van der Waals surface area contributed by atoms with Crippen LogP contribution in [-0.2, 0) is 4.74 Å². The number of morpholine rings is 1. The second-order valence-electron chi connectivity index (χ2n) is 8.21. The predicted molar refractivity (Wildman–Crippen MR) is 117 cm³/mol. The van der Waals surface area contributed by atoms with Crippen LogP contribution >= 0.6 is 0 Å². The Morgan fingerprint density at radius 1 is 0.846 bits per heavy atom. The third-order valence-corrected chi connectivity index (χ3v) is 5.79. The van der Waals surface area contributed by atoms with Crippen molar-refractivity contribution in [3.8, 4) is 0 Å². The molecule has 2 unspecified atom stereocenters. The molecule has 0 aromatic rings. The van der Waals surface area contributed by atoms with Gasteiger partial charge in [0.1, 0.15) is 0 Å². The summed E-state index contributed by atoms with van der Waals surface area (Å²) in [4.78, 5) is 5.17. The van der Waals surface area contributed by atoms with Crippen LogP contribution in [0.2, 0.25) is 0 Å². The maximum Gasteiger partial charge on any atom is 0.0594 e. The van der Waals surface area contributed by atoms with Crippen molar-refractivity contribution in [3.63, 3.8) is 0 Å². The van der Waals surface area contributed by atoms with E-state index in [1.807, 2.05) is 13.8 Å². The van der Waals surface area contributed by atoms with Gasteiger partial charge in [0.15, 0.2) is 0 Å². The number of hydrogen-bond acceptors (Lipinski definition) is 3. The van der Waals surface area contributed by atoms with Gasteiger partial charge in [-0.25, -0.2) is 0 Å². The quantitative estimate of drug-likeness (QED) is 0.572. The fourth-order valence-corrected chi connectivity index (χ4v) is 3.57. The predicted octanol–water partition coefficient (Wildman–Crippen LogP) is 5.69. The summed E-state index contributed by atoms with van der Waals surface area (Å²) in [5.41, 5.74) is 0. The highest BCUT2D eigenvalue weighted by Gasteiger charge is 2.20. The van der Waals surface area contributed by atoms with Crippen LogP contribution in [0.5, 0.6) is 0 Å². The monoisotopic (exact) mass is 370 g/mol. The molecule has 0 saturated carbocycles. The van der Waals surface area contributed by atoms with Crippen molar-refractivity contribution in [3.05, 3.63) is 0 Å². The molecule has 2 saturated heterocycles. The van der Waals surface area contributed by atoms with Gasteiger partial charge < -0.3 is 9.64 Å². The van der Waals surface area contributed by atoms with Crippen molar-refractivity contribution < 1.29 is 4.74 Å². The van der Waals surface area contributed by atoms with Crippen molar-refractivity contribution in [1.82, 2.24) is 9.80 Å². The van der Waals surface area contributed by atoms with Crippen LogP contribution < -0.4 is 0 Å². The van der Waals surface area contributed by atoms with Gasteiger partial charge in [0, 0.05) is 19.1 Å². The Morgan fingerprint density at radius 2 is 1.42 bits per heavy atom. The molecule has 0 radical (unpaired) electrons. The van der Waals surface area contributed by atoms with E-state index in [-0.39, 0.29) is 0 Å². The van der Waals surface area contributed by atoms with E-state index in [1.165, 1.54) is 58.2 Å². The molecule has 3 heteroatoms. The molecule has 2 fully saturated rings. The molecular weight excluding hydrogens is 320 g/mol. The highest BCUT2D eigenvalue weighted by atomic mass is 16.5. The van der Waals surface area contributed by atoms with Gasteiger partial charge in [-0.05, 0) is 64.1 Å². The van der Waals surface area contributed by atoms with Crippen molar-refractivity contribution in [1.29, 1.82) is 0 Å². The highest BCUT2D eigenvalue weighted by Crippen LogP contribution is 2.18. The fraction of sp³-hybridized carbons (Fsp3) is 1.00. The van der Waals surface area contributed by atoms with Crippen molar-refractivity contribution in [2.24, 2.45) is 11.8 Å². The first-order chi connectivity index (χ1) is 12.5. The molecule has 2 aliphatic heterocycles. The minimum Gasteiger partial charge on any atom is -0.379 e. The Kier molecular flexibility index (Phi) is 16.9. The van der Waals surface area contributed by atoms with Crippen LogP contribution in [0.1, 0.15) is 87.0 Å². The van der Waals surface area contributed by atoms with Crippen LogP contribution in [0.15, 0.2) is 0 Å². The molecule has 0 spiro atoms. The molecule has 2 aliphatic rings. The largest absolute Gasteiger partial charge is 0.379 e. The summed E-state index contributed by atoms with van der Waals surface area (Å²) in [6, 6.07) is 0.801. The standard InChI is InChI=1S/C11H23N.C10H21NO.C2H6/c1-4-10(2)11(3)12-8-6-5-7-9-12;1-10(2)4-3-5-11-6-8-12-9-7-11;1-2/h10-11H,4-9H2,1-3H3;10H,3-9H2,1-2H3;1-2H3. The molecule has 2 heterocycles. The molecule has 158 valence electrons. The molecule has 3 nitrogen and oxygen atoms in total. The average Bonchev–Trinajstić information content (AvgIpc) is 2.70. The Balaban J connectivity index is 0.000000439. The van der Waals surface area contributed by atoms with Crippen LogP contribution in [0.4, 0.5) is 0 Å².